The van der Waals surface area contributed by atoms with Crippen LogP contribution < -0.4 is 0 Å². The van der Waals surface area contributed by atoms with Crippen LogP contribution in [0.1, 0.15) is 32.1 Å². The maximum atomic E-state index is 10.9. The van der Waals surface area contributed by atoms with E-state index in [9.17, 15) is 9.90 Å². The molecule has 1 fully saturated rings. The van der Waals surface area contributed by atoms with Gasteiger partial charge in [0.05, 0.1) is 0 Å². The fraction of sp³-hybridized carbons (Fsp3) is 0.875. The molecule has 1 rings (SSSR count). The Bertz CT molecular complexity index is 141. The first-order chi connectivity index (χ1) is 5.22. The van der Waals surface area contributed by atoms with Crippen LogP contribution in [0.2, 0.25) is 0 Å². The number of aliphatic hydroxyl groups is 1. The molecule has 1 N–H and O–H groups in total. The van der Waals surface area contributed by atoms with Crippen LogP contribution >= 0.6 is 0 Å². The summed E-state index contributed by atoms with van der Waals surface area (Å²) in [6.07, 6.45) is 5.13. The molecule has 1 unspecified atom stereocenters. The van der Waals surface area contributed by atoms with Crippen LogP contribution in [-0.4, -0.2) is 37.5 Å². The number of carbonyl (C=O) groups excluding carboxylic acids is 1. The third kappa shape index (κ3) is 2.75. The molecule has 3 heteroatoms. The number of carbonyl (C=O) groups is 1. The van der Waals surface area contributed by atoms with Crippen molar-refractivity contribution < 1.29 is 9.90 Å². The van der Waals surface area contributed by atoms with Gasteiger partial charge in [-0.1, -0.05) is 0 Å². The molecule has 1 saturated carbocycles. The van der Waals surface area contributed by atoms with Crippen molar-refractivity contribution in [3.05, 3.63) is 0 Å². The number of aliphatic hydroxyl groups excluding tert-OH is 1. The molecular formula is C8H14O2Sn. The Morgan fingerprint density at radius 2 is 1.91 bits per heavy atom. The van der Waals surface area contributed by atoms with Crippen LogP contribution in [0.25, 0.3) is 0 Å². The van der Waals surface area contributed by atoms with Crippen LogP contribution in [0.4, 0.5) is 0 Å². The summed E-state index contributed by atoms with van der Waals surface area (Å²) in [6.45, 7) is 0. The molecule has 0 aromatic carbocycles. The number of hydrogen-bond acceptors (Lipinski definition) is 2. The normalized spacial score (nSPS) is 23.1. The van der Waals surface area contributed by atoms with Gasteiger partial charge in [-0.25, -0.2) is 0 Å². The molecule has 0 amide bonds. The fourth-order valence-electron chi connectivity index (χ4n) is 1.68. The first-order valence-corrected chi connectivity index (χ1v) is 5.84. The van der Waals surface area contributed by atoms with Gasteiger partial charge >= 0.3 is 80.4 Å². The Balaban J connectivity index is 2.38. The Morgan fingerprint density at radius 3 is 2.36 bits per heavy atom. The quantitative estimate of drug-likeness (QED) is 0.728. The average molecular weight is 261 g/mol. The molecule has 0 aromatic heterocycles. The third-order valence-corrected chi connectivity index (χ3v) is 3.36. The van der Waals surface area contributed by atoms with Gasteiger partial charge in [-0.2, -0.15) is 0 Å². The molecule has 1 aliphatic rings. The first kappa shape index (κ1) is 9.52. The Hall–Kier alpha value is 0.429. The van der Waals surface area contributed by atoms with Crippen molar-refractivity contribution in [1.29, 1.82) is 0 Å². The van der Waals surface area contributed by atoms with Gasteiger partial charge in [-0.05, 0) is 0 Å². The molecule has 0 spiro atoms. The molecule has 1 atom stereocenters. The second-order valence-electron chi connectivity index (χ2n) is 3.25. The van der Waals surface area contributed by atoms with Gasteiger partial charge in [0.25, 0.3) is 0 Å². The van der Waals surface area contributed by atoms with E-state index in [-0.39, 0.29) is 9.72 Å². The van der Waals surface area contributed by atoms with Crippen molar-refractivity contribution in [2.75, 3.05) is 0 Å². The zero-order valence-corrected chi connectivity index (χ0v) is 9.92. The second kappa shape index (κ2) is 4.45. The molecule has 62 valence electrons. The van der Waals surface area contributed by atoms with Gasteiger partial charge in [0.2, 0.25) is 0 Å². The summed E-state index contributed by atoms with van der Waals surface area (Å²) < 4.78 is 0.0577. The summed E-state index contributed by atoms with van der Waals surface area (Å²) in [5.41, 5.74) is 0. The van der Waals surface area contributed by atoms with E-state index in [1.807, 2.05) is 0 Å². The summed E-state index contributed by atoms with van der Waals surface area (Å²) in [5, 5.41) is 9.43. The van der Waals surface area contributed by atoms with Gasteiger partial charge in [-0.3, -0.25) is 0 Å². The molecule has 0 bridgehead atoms. The monoisotopic (exact) mass is 262 g/mol. The van der Waals surface area contributed by atoms with E-state index < -0.39 is 6.10 Å². The molecule has 0 aromatic rings. The molecule has 11 heavy (non-hydrogen) atoms. The number of hydrogen-bond donors (Lipinski definition) is 1. The fourth-order valence-corrected chi connectivity index (χ4v) is 2.46. The van der Waals surface area contributed by atoms with Crippen LogP contribution in [0.5, 0.6) is 0 Å². The van der Waals surface area contributed by atoms with Crippen molar-refractivity contribution in [2.24, 2.45) is 5.92 Å². The summed E-state index contributed by atoms with van der Waals surface area (Å²) in [7, 11) is 0. The van der Waals surface area contributed by atoms with Gasteiger partial charge < -0.3 is 0 Å². The van der Waals surface area contributed by atoms with E-state index in [4.69, 9.17) is 0 Å². The van der Waals surface area contributed by atoms with Gasteiger partial charge in [0, 0.05) is 0 Å². The van der Waals surface area contributed by atoms with Crippen molar-refractivity contribution in [2.45, 2.75) is 38.2 Å². The van der Waals surface area contributed by atoms with Gasteiger partial charge in [-0.15, -0.1) is 0 Å². The Morgan fingerprint density at radius 1 is 1.36 bits per heavy atom. The molecule has 0 heterocycles. The Labute approximate surface area is 80.5 Å². The molecule has 2 radical (unpaired) electrons. The van der Waals surface area contributed by atoms with Gasteiger partial charge in [0.15, 0.2) is 0 Å². The predicted molar refractivity (Wildman–Crippen MR) is 44.7 cm³/mol. The molecule has 0 saturated heterocycles. The molecular weight excluding hydrogens is 247 g/mol. The molecule has 1 aliphatic carbocycles. The van der Waals surface area contributed by atoms with E-state index in [0.717, 1.165) is 12.8 Å². The van der Waals surface area contributed by atoms with E-state index >= 15 is 0 Å². The van der Waals surface area contributed by atoms with E-state index in [1.165, 1.54) is 19.3 Å². The van der Waals surface area contributed by atoms with E-state index in [2.05, 4.69) is 0 Å². The van der Waals surface area contributed by atoms with Crippen molar-refractivity contribution in [1.82, 2.24) is 0 Å². The molecule has 2 nitrogen and oxygen atoms in total. The predicted octanol–water partition coefficient (Wildman–Crippen LogP) is 0.355. The van der Waals surface area contributed by atoms with Crippen molar-refractivity contribution in [3.8, 4) is 0 Å². The maximum absolute atomic E-state index is 10.9. The van der Waals surface area contributed by atoms with Crippen molar-refractivity contribution in [3.63, 3.8) is 0 Å². The SMILES string of the molecule is O=[C]([SnH])C(O)C1CCCCC1. The van der Waals surface area contributed by atoms with E-state index in [1.54, 1.807) is 0 Å². The van der Waals surface area contributed by atoms with Crippen LogP contribution in [0.3, 0.4) is 0 Å². The van der Waals surface area contributed by atoms with Crippen LogP contribution in [0, 0.1) is 5.92 Å². The summed E-state index contributed by atoms with van der Waals surface area (Å²) in [5.74, 6) is 0.284. The van der Waals surface area contributed by atoms with Crippen molar-refractivity contribution >= 4 is 26.3 Å². The van der Waals surface area contributed by atoms with Crippen LogP contribution in [-0.2, 0) is 4.79 Å². The third-order valence-electron chi connectivity index (χ3n) is 2.39. The summed E-state index contributed by atoms with van der Waals surface area (Å²) in [4.78, 5) is 10.9. The topological polar surface area (TPSA) is 37.3 Å². The average Bonchev–Trinajstić information content (AvgIpc) is 2.05. The van der Waals surface area contributed by atoms with E-state index in [0.29, 0.717) is 22.5 Å². The standard InChI is InChI=1S/C8H13O2.Sn.H/c9-6-8(10)7-4-2-1-3-5-7;;/h7-8,10H,1-5H2;;. The van der Waals surface area contributed by atoms with Gasteiger partial charge in [0.1, 0.15) is 0 Å². The first-order valence-electron chi connectivity index (χ1n) is 4.19. The summed E-state index contributed by atoms with van der Waals surface area (Å²) >= 11 is 0.560. The zero-order valence-electron chi connectivity index (χ0n) is 6.62. The second-order valence-corrected chi connectivity index (χ2v) is 4.87. The summed E-state index contributed by atoms with van der Waals surface area (Å²) in [6, 6.07) is 0. The Kier molecular flexibility index (Phi) is 3.85. The number of rotatable bonds is 2. The minimum atomic E-state index is -0.627. The minimum absolute atomic E-state index is 0.0577. The molecule has 0 aliphatic heterocycles. The van der Waals surface area contributed by atoms with Crippen LogP contribution in [0.15, 0.2) is 0 Å². The zero-order chi connectivity index (χ0) is 8.27.